The molecule has 1 fully saturated rings. The van der Waals surface area contributed by atoms with Crippen LogP contribution in [-0.2, 0) is 19.1 Å². The predicted octanol–water partition coefficient (Wildman–Crippen LogP) is -0.177. The number of carboxylic acid groups (broad SMARTS) is 1. The molecule has 0 aromatic rings. The first-order valence-corrected chi connectivity index (χ1v) is 6.33. The Labute approximate surface area is 117 Å². The largest absolute Gasteiger partial charge is 0.480 e. The fourth-order valence-electron chi connectivity index (χ4n) is 1.78. The number of morpholine rings is 1. The number of aliphatic carboxylic acids is 1. The van der Waals surface area contributed by atoms with Gasteiger partial charge in [0, 0.05) is 6.54 Å². The van der Waals surface area contributed by atoms with E-state index < -0.39 is 29.6 Å². The van der Waals surface area contributed by atoms with Gasteiger partial charge in [-0.15, -0.1) is 0 Å². The minimum absolute atomic E-state index is 0.0377. The van der Waals surface area contributed by atoms with Crippen molar-refractivity contribution in [1.29, 1.82) is 0 Å². The smallest absolute Gasteiger partial charge is 0.331 e. The summed E-state index contributed by atoms with van der Waals surface area (Å²) < 4.78 is 9.77. The standard InChI is InChI=1S/C12H20N2O6/c1-4-12(2,10(16)17)13-11(18)14-5-6-20-7-8(14)9(15)19-3/h8H,4-7H2,1-3H3,(H,13,18)(H,16,17). The summed E-state index contributed by atoms with van der Waals surface area (Å²) in [5, 5.41) is 11.6. The van der Waals surface area contributed by atoms with Crippen molar-refractivity contribution in [2.75, 3.05) is 26.9 Å². The van der Waals surface area contributed by atoms with Gasteiger partial charge in [0.1, 0.15) is 5.54 Å². The zero-order valence-electron chi connectivity index (χ0n) is 11.8. The third-order valence-corrected chi connectivity index (χ3v) is 3.42. The van der Waals surface area contributed by atoms with Crippen LogP contribution in [0.5, 0.6) is 0 Å². The number of carbonyl (C=O) groups is 3. The molecule has 114 valence electrons. The molecule has 2 unspecified atom stereocenters. The van der Waals surface area contributed by atoms with E-state index in [4.69, 9.17) is 9.84 Å². The van der Waals surface area contributed by atoms with Crippen LogP contribution in [0.2, 0.25) is 0 Å². The molecule has 0 spiro atoms. The van der Waals surface area contributed by atoms with Gasteiger partial charge in [-0.05, 0) is 13.3 Å². The monoisotopic (exact) mass is 288 g/mol. The number of hydrogen-bond donors (Lipinski definition) is 2. The second-order valence-corrected chi connectivity index (χ2v) is 4.73. The number of urea groups is 1. The fourth-order valence-corrected chi connectivity index (χ4v) is 1.78. The van der Waals surface area contributed by atoms with Crippen LogP contribution in [0.25, 0.3) is 0 Å². The summed E-state index contributed by atoms with van der Waals surface area (Å²) in [5.41, 5.74) is -1.38. The van der Waals surface area contributed by atoms with Gasteiger partial charge < -0.3 is 24.8 Å². The maximum Gasteiger partial charge on any atom is 0.331 e. The Hall–Kier alpha value is -1.83. The number of nitrogens with zero attached hydrogens (tertiary/aromatic N) is 1. The first kappa shape index (κ1) is 16.2. The lowest BCUT2D eigenvalue weighted by atomic mass is 9.99. The molecular formula is C12H20N2O6. The maximum atomic E-state index is 12.2. The van der Waals surface area contributed by atoms with E-state index in [2.05, 4.69) is 10.1 Å². The summed E-state index contributed by atoms with van der Waals surface area (Å²) in [6.45, 7) is 3.60. The third kappa shape index (κ3) is 3.38. The minimum atomic E-state index is -1.38. The predicted molar refractivity (Wildman–Crippen MR) is 68.2 cm³/mol. The molecule has 1 aliphatic heterocycles. The van der Waals surface area contributed by atoms with Gasteiger partial charge in [-0.25, -0.2) is 14.4 Å². The average molecular weight is 288 g/mol. The summed E-state index contributed by atoms with van der Waals surface area (Å²) in [5.74, 6) is -1.72. The SMILES string of the molecule is CCC(C)(NC(=O)N1CCOCC1C(=O)OC)C(=O)O. The van der Waals surface area contributed by atoms with Gasteiger partial charge >= 0.3 is 18.0 Å². The average Bonchev–Trinajstić information content (AvgIpc) is 2.45. The van der Waals surface area contributed by atoms with E-state index in [9.17, 15) is 14.4 Å². The van der Waals surface area contributed by atoms with Crippen molar-refractivity contribution in [3.63, 3.8) is 0 Å². The molecule has 0 bridgehead atoms. The van der Waals surface area contributed by atoms with Gasteiger partial charge in [0.2, 0.25) is 0 Å². The van der Waals surface area contributed by atoms with E-state index in [1.54, 1.807) is 6.92 Å². The van der Waals surface area contributed by atoms with Crippen molar-refractivity contribution in [2.45, 2.75) is 31.8 Å². The number of methoxy groups -OCH3 is 1. The summed E-state index contributed by atoms with van der Waals surface area (Å²) >= 11 is 0. The minimum Gasteiger partial charge on any atom is -0.480 e. The van der Waals surface area contributed by atoms with E-state index in [1.807, 2.05) is 0 Å². The normalized spacial score (nSPS) is 21.8. The first-order valence-electron chi connectivity index (χ1n) is 6.33. The van der Waals surface area contributed by atoms with Gasteiger partial charge in [-0.1, -0.05) is 6.92 Å². The highest BCUT2D eigenvalue weighted by molar-refractivity contribution is 5.88. The Bertz CT molecular complexity index is 399. The van der Waals surface area contributed by atoms with E-state index in [0.717, 1.165) is 0 Å². The number of amides is 2. The Balaban J connectivity index is 2.83. The summed E-state index contributed by atoms with van der Waals surface area (Å²) in [4.78, 5) is 36.2. The van der Waals surface area contributed by atoms with Gasteiger partial charge in [-0.3, -0.25) is 0 Å². The van der Waals surface area contributed by atoms with Crippen LogP contribution in [0.1, 0.15) is 20.3 Å². The van der Waals surface area contributed by atoms with E-state index in [-0.39, 0.29) is 26.2 Å². The lowest BCUT2D eigenvalue weighted by molar-refractivity contribution is -0.151. The van der Waals surface area contributed by atoms with Crippen LogP contribution >= 0.6 is 0 Å². The highest BCUT2D eigenvalue weighted by Gasteiger charge is 2.39. The lowest BCUT2D eigenvalue weighted by Crippen LogP contribution is -2.61. The van der Waals surface area contributed by atoms with Crippen molar-refractivity contribution >= 4 is 18.0 Å². The fraction of sp³-hybridized carbons (Fsp3) is 0.750. The quantitative estimate of drug-likeness (QED) is 0.695. The third-order valence-electron chi connectivity index (χ3n) is 3.42. The van der Waals surface area contributed by atoms with Crippen LogP contribution in [-0.4, -0.2) is 66.4 Å². The molecule has 0 radical (unpaired) electrons. The lowest BCUT2D eigenvalue weighted by Gasteiger charge is -2.36. The molecular weight excluding hydrogens is 268 g/mol. The van der Waals surface area contributed by atoms with E-state index >= 15 is 0 Å². The number of carbonyl (C=O) groups excluding carboxylic acids is 2. The number of ether oxygens (including phenoxy) is 2. The highest BCUT2D eigenvalue weighted by atomic mass is 16.5. The number of nitrogens with one attached hydrogen (secondary N) is 1. The Morgan fingerprint density at radius 2 is 2.15 bits per heavy atom. The molecule has 1 saturated heterocycles. The molecule has 0 saturated carbocycles. The van der Waals surface area contributed by atoms with Crippen LogP contribution in [0, 0.1) is 0 Å². The molecule has 2 atom stereocenters. The van der Waals surface area contributed by atoms with Crippen molar-refractivity contribution in [3.8, 4) is 0 Å². The van der Waals surface area contributed by atoms with Crippen LogP contribution in [0.4, 0.5) is 4.79 Å². The van der Waals surface area contributed by atoms with Crippen LogP contribution < -0.4 is 5.32 Å². The van der Waals surface area contributed by atoms with Crippen molar-refractivity contribution < 1.29 is 29.0 Å². The number of hydrogen-bond acceptors (Lipinski definition) is 5. The van der Waals surface area contributed by atoms with Gasteiger partial charge in [0.05, 0.1) is 20.3 Å². The molecule has 20 heavy (non-hydrogen) atoms. The zero-order valence-corrected chi connectivity index (χ0v) is 11.8. The van der Waals surface area contributed by atoms with Gasteiger partial charge in [0.15, 0.2) is 6.04 Å². The first-order chi connectivity index (χ1) is 9.35. The van der Waals surface area contributed by atoms with Crippen LogP contribution in [0.3, 0.4) is 0 Å². The van der Waals surface area contributed by atoms with Gasteiger partial charge in [0.25, 0.3) is 0 Å². The Morgan fingerprint density at radius 1 is 1.50 bits per heavy atom. The molecule has 1 heterocycles. The molecule has 0 aliphatic carbocycles. The molecule has 1 aliphatic rings. The Kier molecular flexibility index (Phi) is 5.32. The molecule has 0 aromatic carbocycles. The summed E-state index contributed by atoms with van der Waals surface area (Å²) in [7, 11) is 1.22. The topological polar surface area (TPSA) is 105 Å². The summed E-state index contributed by atoms with van der Waals surface area (Å²) in [6, 6.07) is -1.47. The van der Waals surface area contributed by atoms with Crippen LogP contribution in [0.15, 0.2) is 0 Å². The Morgan fingerprint density at radius 3 is 2.65 bits per heavy atom. The second kappa shape index (κ2) is 6.56. The second-order valence-electron chi connectivity index (χ2n) is 4.73. The highest BCUT2D eigenvalue weighted by Crippen LogP contribution is 2.14. The molecule has 0 aromatic heterocycles. The number of esters is 1. The van der Waals surface area contributed by atoms with E-state index in [0.29, 0.717) is 0 Å². The maximum absolute atomic E-state index is 12.2. The molecule has 1 rings (SSSR count). The number of carboxylic acids is 1. The molecule has 8 heteroatoms. The molecule has 2 N–H and O–H groups in total. The van der Waals surface area contributed by atoms with Crippen molar-refractivity contribution in [2.24, 2.45) is 0 Å². The molecule has 8 nitrogen and oxygen atoms in total. The number of rotatable bonds is 4. The summed E-state index contributed by atoms with van der Waals surface area (Å²) in [6.07, 6.45) is 0.224. The molecule has 2 amide bonds. The van der Waals surface area contributed by atoms with E-state index in [1.165, 1.54) is 18.9 Å². The van der Waals surface area contributed by atoms with Crippen molar-refractivity contribution in [3.05, 3.63) is 0 Å². The van der Waals surface area contributed by atoms with Gasteiger partial charge in [-0.2, -0.15) is 0 Å². The zero-order chi connectivity index (χ0) is 15.3. The van der Waals surface area contributed by atoms with Crippen molar-refractivity contribution in [1.82, 2.24) is 10.2 Å².